The van der Waals surface area contributed by atoms with Crippen molar-refractivity contribution in [3.63, 3.8) is 0 Å². The summed E-state index contributed by atoms with van der Waals surface area (Å²) in [6.45, 7) is 2.09. The summed E-state index contributed by atoms with van der Waals surface area (Å²) in [6.07, 6.45) is -3.57. The van der Waals surface area contributed by atoms with Crippen LogP contribution < -0.4 is 16.4 Å². The van der Waals surface area contributed by atoms with Crippen molar-refractivity contribution in [2.24, 2.45) is 0 Å². The number of unbranched alkanes of at least 4 members (excludes halogenated alkanes) is 5. The number of amides is 1. The molecule has 0 bridgehead atoms. The summed E-state index contributed by atoms with van der Waals surface area (Å²) < 4.78 is 80.9. The Balaban J connectivity index is 1.90. The highest BCUT2D eigenvalue weighted by Crippen LogP contribution is 2.31. The second kappa shape index (κ2) is 13.3. The molecule has 2 rings (SSSR count). The summed E-state index contributed by atoms with van der Waals surface area (Å²) in [4.78, 5) is 12.1. The third-order valence-corrected chi connectivity index (χ3v) is 5.60. The van der Waals surface area contributed by atoms with Gasteiger partial charge in [0.2, 0.25) is 6.17 Å². The van der Waals surface area contributed by atoms with Crippen molar-refractivity contribution in [3.8, 4) is 0 Å². The van der Waals surface area contributed by atoms with Gasteiger partial charge in [-0.15, -0.1) is 0 Å². The Hall–Kier alpha value is -2.91. The molecule has 0 aliphatic heterocycles. The molecule has 0 fully saturated rings. The van der Waals surface area contributed by atoms with Gasteiger partial charge in [0.25, 0.3) is 5.91 Å². The van der Waals surface area contributed by atoms with Gasteiger partial charge in [-0.2, -0.15) is 13.2 Å². The van der Waals surface area contributed by atoms with Crippen LogP contribution in [-0.4, -0.2) is 18.3 Å². The molecular formula is C25H31F6N3O. The molecule has 4 nitrogen and oxygen atoms in total. The molecule has 2 aromatic carbocycles. The summed E-state index contributed by atoms with van der Waals surface area (Å²) in [5.74, 6) is -2.19. The number of hydrogen-bond acceptors (Lipinski definition) is 3. The Labute approximate surface area is 201 Å². The normalized spacial score (nSPS) is 13.3. The lowest BCUT2D eigenvalue weighted by Crippen LogP contribution is -2.32. The molecular weight excluding hydrogens is 472 g/mol. The predicted molar refractivity (Wildman–Crippen MR) is 126 cm³/mol. The molecule has 0 radical (unpaired) electrons. The molecule has 2 aromatic rings. The Morgan fingerprint density at radius 3 is 2.17 bits per heavy atom. The van der Waals surface area contributed by atoms with Crippen molar-refractivity contribution in [1.82, 2.24) is 0 Å². The Morgan fingerprint density at radius 1 is 0.943 bits per heavy atom. The van der Waals surface area contributed by atoms with Crippen LogP contribution in [0.4, 0.5) is 43.4 Å². The first-order chi connectivity index (χ1) is 16.5. The monoisotopic (exact) mass is 503 g/mol. The van der Waals surface area contributed by atoms with Crippen LogP contribution in [0.5, 0.6) is 0 Å². The van der Waals surface area contributed by atoms with Gasteiger partial charge < -0.3 is 16.4 Å². The molecule has 10 heteroatoms. The van der Waals surface area contributed by atoms with Crippen LogP contribution in [0.2, 0.25) is 0 Å². The first-order valence-electron chi connectivity index (χ1n) is 11.6. The topological polar surface area (TPSA) is 67.2 Å². The number of nitrogens with one attached hydrogen (secondary N) is 2. The minimum atomic E-state index is -4.46. The lowest BCUT2D eigenvalue weighted by Gasteiger charge is -2.16. The molecule has 2 atom stereocenters. The Kier molecular flexibility index (Phi) is 10.7. The molecule has 2 unspecified atom stereocenters. The highest BCUT2D eigenvalue weighted by atomic mass is 19.4. The van der Waals surface area contributed by atoms with Crippen molar-refractivity contribution in [1.29, 1.82) is 0 Å². The Morgan fingerprint density at radius 2 is 1.54 bits per heavy atom. The maximum absolute atomic E-state index is 14.6. The Bertz CT molecular complexity index is 949. The van der Waals surface area contributed by atoms with E-state index in [0.717, 1.165) is 44.2 Å². The maximum Gasteiger partial charge on any atom is 0.416 e. The van der Waals surface area contributed by atoms with Crippen LogP contribution in [0, 0.1) is 5.82 Å². The molecule has 1 amide bonds. The number of rotatable bonds is 13. The van der Waals surface area contributed by atoms with Gasteiger partial charge in [0, 0.05) is 6.54 Å². The smallest absolute Gasteiger partial charge is 0.395 e. The maximum atomic E-state index is 14.6. The van der Waals surface area contributed by atoms with Crippen molar-refractivity contribution >= 4 is 23.0 Å². The van der Waals surface area contributed by atoms with E-state index in [1.54, 1.807) is 0 Å². The average molecular weight is 504 g/mol. The molecule has 194 valence electrons. The zero-order valence-electron chi connectivity index (χ0n) is 19.5. The molecule has 0 saturated carbocycles. The van der Waals surface area contributed by atoms with Crippen molar-refractivity contribution in [3.05, 3.63) is 53.3 Å². The fraction of sp³-hybridized carbons (Fsp3) is 0.480. The summed E-state index contributed by atoms with van der Waals surface area (Å²) in [5.41, 5.74) is 4.63. The SMILES string of the molecule is CCCCCCCCC(F)C(F)C(=O)Nc1ccc(NCc2ccc(C(F)(F)F)cc2)c(F)c1N. The van der Waals surface area contributed by atoms with Gasteiger partial charge in [-0.05, 0) is 36.2 Å². The summed E-state index contributed by atoms with van der Waals surface area (Å²) in [7, 11) is 0. The summed E-state index contributed by atoms with van der Waals surface area (Å²) in [5, 5.41) is 4.83. The van der Waals surface area contributed by atoms with Crippen LogP contribution >= 0.6 is 0 Å². The van der Waals surface area contributed by atoms with E-state index in [1.165, 1.54) is 24.3 Å². The van der Waals surface area contributed by atoms with Crippen LogP contribution in [0.15, 0.2) is 36.4 Å². The summed E-state index contributed by atoms with van der Waals surface area (Å²) in [6, 6.07) is 6.81. The van der Waals surface area contributed by atoms with Crippen molar-refractivity contribution < 1.29 is 31.1 Å². The van der Waals surface area contributed by atoms with Gasteiger partial charge in [0.1, 0.15) is 6.17 Å². The third-order valence-electron chi connectivity index (χ3n) is 5.60. The zero-order chi connectivity index (χ0) is 26.0. The number of halogens is 6. The highest BCUT2D eigenvalue weighted by Gasteiger charge is 2.30. The fourth-order valence-corrected chi connectivity index (χ4v) is 3.48. The molecule has 0 aliphatic carbocycles. The van der Waals surface area contributed by atoms with E-state index in [9.17, 15) is 31.1 Å². The van der Waals surface area contributed by atoms with Gasteiger partial charge in [0.15, 0.2) is 5.82 Å². The van der Waals surface area contributed by atoms with Gasteiger partial charge in [-0.25, -0.2) is 13.2 Å². The largest absolute Gasteiger partial charge is 0.416 e. The number of nitrogen functional groups attached to an aromatic ring is 1. The number of nitrogens with two attached hydrogens (primary N) is 1. The average Bonchev–Trinajstić information content (AvgIpc) is 2.82. The van der Waals surface area contributed by atoms with Crippen molar-refractivity contribution in [2.75, 3.05) is 16.4 Å². The van der Waals surface area contributed by atoms with Gasteiger partial charge in [-0.3, -0.25) is 4.79 Å². The molecule has 0 aromatic heterocycles. The highest BCUT2D eigenvalue weighted by molar-refractivity contribution is 5.97. The van der Waals surface area contributed by atoms with Crippen molar-refractivity contribution in [2.45, 2.75) is 76.9 Å². The molecule has 0 heterocycles. The molecule has 0 aliphatic rings. The second-order valence-corrected chi connectivity index (χ2v) is 8.40. The van der Waals surface area contributed by atoms with E-state index in [2.05, 4.69) is 17.6 Å². The molecule has 0 saturated heterocycles. The van der Waals surface area contributed by atoms with Gasteiger partial charge >= 0.3 is 6.18 Å². The van der Waals surface area contributed by atoms with Crippen LogP contribution in [-0.2, 0) is 17.5 Å². The quantitative estimate of drug-likeness (QED) is 0.152. The molecule has 0 spiro atoms. The van der Waals surface area contributed by atoms with Crippen LogP contribution in [0.25, 0.3) is 0 Å². The number of hydrogen-bond donors (Lipinski definition) is 3. The number of carbonyl (C=O) groups excluding carboxylic acids is 1. The van der Waals surface area contributed by atoms with E-state index < -0.39 is 41.5 Å². The number of carbonyl (C=O) groups is 1. The van der Waals surface area contributed by atoms with Gasteiger partial charge in [0.05, 0.1) is 22.6 Å². The number of anilines is 3. The lowest BCUT2D eigenvalue weighted by atomic mass is 10.0. The summed E-state index contributed by atoms with van der Waals surface area (Å²) >= 11 is 0. The number of alkyl halides is 5. The van der Waals surface area contributed by atoms with E-state index in [1.807, 2.05) is 0 Å². The number of benzene rings is 2. The van der Waals surface area contributed by atoms with E-state index in [0.29, 0.717) is 12.0 Å². The minimum Gasteiger partial charge on any atom is -0.395 e. The first-order valence-corrected chi connectivity index (χ1v) is 11.6. The lowest BCUT2D eigenvalue weighted by molar-refractivity contribution is -0.137. The third kappa shape index (κ3) is 8.67. The molecule has 4 N–H and O–H groups in total. The minimum absolute atomic E-state index is 0.00866. The van der Waals surface area contributed by atoms with Crippen LogP contribution in [0.3, 0.4) is 0 Å². The van der Waals surface area contributed by atoms with Crippen LogP contribution in [0.1, 0.15) is 63.0 Å². The standard InChI is InChI=1S/C25H31F6N3O/c1-2-3-4-5-6-7-8-18(26)21(27)24(35)34-20-14-13-19(22(28)23(20)32)33-15-16-9-11-17(12-10-16)25(29,30)31/h9-14,18,21,33H,2-8,15,32H2,1H3,(H,34,35). The molecule has 35 heavy (non-hydrogen) atoms. The van der Waals surface area contributed by atoms with E-state index in [-0.39, 0.29) is 24.3 Å². The first kappa shape index (κ1) is 28.3. The van der Waals surface area contributed by atoms with Gasteiger partial charge in [-0.1, -0.05) is 57.6 Å². The van der Waals surface area contributed by atoms with E-state index >= 15 is 0 Å². The zero-order valence-corrected chi connectivity index (χ0v) is 19.5. The van der Waals surface area contributed by atoms with E-state index in [4.69, 9.17) is 5.73 Å². The second-order valence-electron chi connectivity index (χ2n) is 8.40. The fourth-order valence-electron chi connectivity index (χ4n) is 3.48. The predicted octanol–water partition coefficient (Wildman–Crippen LogP) is 7.40.